The highest BCUT2D eigenvalue weighted by Crippen LogP contribution is 2.42. The quantitative estimate of drug-likeness (QED) is 0.128. The van der Waals surface area contributed by atoms with Gasteiger partial charge in [-0.05, 0) is 90.3 Å². The Hall–Kier alpha value is -4.85. The maximum Gasteiger partial charge on any atom is 0.419 e. The average molecular weight is 535 g/mol. The standard InChI is InChI=1S/C36H23O3P/c37-40(38-33-13-5-11-23-15-17-29-19-25-7-1-3-9-27(25)21-31(29)35(23)33)39-34-14-6-12-24-16-18-30-20-26-8-2-4-10-28(26)22-32(30)36(24)34/h1-22,40H. The molecular formula is C36H23O3P. The van der Waals surface area contributed by atoms with E-state index in [0.29, 0.717) is 11.5 Å². The molecular weight excluding hydrogens is 511 g/mol. The van der Waals surface area contributed by atoms with E-state index >= 15 is 0 Å². The smallest absolute Gasteiger partial charge is 0.417 e. The summed E-state index contributed by atoms with van der Waals surface area (Å²) in [4.78, 5) is 0. The van der Waals surface area contributed by atoms with Crippen LogP contribution >= 0.6 is 8.25 Å². The Balaban J connectivity index is 1.23. The molecule has 3 nitrogen and oxygen atoms in total. The van der Waals surface area contributed by atoms with Gasteiger partial charge in [-0.2, -0.15) is 0 Å². The van der Waals surface area contributed by atoms with E-state index in [0.717, 1.165) is 53.9 Å². The minimum atomic E-state index is -2.94. The molecule has 0 N–H and O–H groups in total. The summed E-state index contributed by atoms with van der Waals surface area (Å²) in [5.74, 6) is 1.11. The minimum absolute atomic E-state index is 0.554. The molecule has 190 valence electrons. The largest absolute Gasteiger partial charge is 0.419 e. The van der Waals surface area contributed by atoms with E-state index in [1.165, 1.54) is 10.8 Å². The summed E-state index contributed by atoms with van der Waals surface area (Å²) < 4.78 is 25.7. The maximum absolute atomic E-state index is 13.5. The zero-order valence-electron chi connectivity index (χ0n) is 21.4. The van der Waals surface area contributed by atoms with Gasteiger partial charge in [0.05, 0.1) is 0 Å². The Morgan fingerprint density at radius 1 is 0.375 bits per heavy atom. The first-order valence-corrected chi connectivity index (χ1v) is 14.5. The van der Waals surface area contributed by atoms with Crippen LogP contribution in [0.2, 0.25) is 0 Å². The number of fused-ring (bicyclic) bond motifs is 8. The Labute approximate surface area is 231 Å². The third-order valence-electron chi connectivity index (χ3n) is 7.76. The van der Waals surface area contributed by atoms with Crippen LogP contribution in [0.25, 0.3) is 64.6 Å². The van der Waals surface area contributed by atoms with Gasteiger partial charge in [-0.3, -0.25) is 0 Å². The van der Waals surface area contributed by atoms with Gasteiger partial charge in [0.1, 0.15) is 11.5 Å². The molecule has 0 saturated heterocycles. The van der Waals surface area contributed by atoms with Crippen molar-refractivity contribution in [1.29, 1.82) is 0 Å². The highest BCUT2D eigenvalue weighted by atomic mass is 31.1. The predicted octanol–water partition coefficient (Wildman–Crippen LogP) is 10.5. The highest BCUT2D eigenvalue weighted by Gasteiger charge is 2.14. The SMILES string of the molecule is O=[PH](Oc1cccc2ccc3cc4ccccc4cc3c12)Oc1cccc2ccc3cc4ccccc4cc3c12. The molecule has 8 rings (SSSR count). The first-order chi connectivity index (χ1) is 19.7. The first-order valence-electron chi connectivity index (χ1n) is 13.3. The molecule has 0 atom stereocenters. The van der Waals surface area contributed by atoms with Crippen molar-refractivity contribution < 1.29 is 13.6 Å². The number of rotatable bonds is 4. The molecule has 0 fully saturated rings. The summed E-state index contributed by atoms with van der Waals surface area (Å²) in [5.41, 5.74) is 0. The molecule has 0 amide bonds. The highest BCUT2D eigenvalue weighted by molar-refractivity contribution is 7.34. The van der Waals surface area contributed by atoms with Crippen LogP contribution in [0.3, 0.4) is 0 Å². The first kappa shape index (κ1) is 23.1. The van der Waals surface area contributed by atoms with Gasteiger partial charge in [-0.15, -0.1) is 0 Å². The van der Waals surface area contributed by atoms with Gasteiger partial charge in [0, 0.05) is 10.8 Å². The molecule has 0 spiro atoms. The number of hydrogen-bond acceptors (Lipinski definition) is 3. The maximum atomic E-state index is 13.5. The summed E-state index contributed by atoms with van der Waals surface area (Å²) in [6, 6.07) is 45.5. The monoisotopic (exact) mass is 534 g/mol. The van der Waals surface area contributed by atoms with E-state index in [2.05, 4.69) is 84.9 Å². The lowest BCUT2D eigenvalue weighted by Gasteiger charge is -2.15. The summed E-state index contributed by atoms with van der Waals surface area (Å²) >= 11 is 0. The van der Waals surface area contributed by atoms with Gasteiger partial charge in [-0.25, -0.2) is 4.57 Å². The molecule has 0 bridgehead atoms. The molecule has 4 heteroatoms. The van der Waals surface area contributed by atoms with Crippen LogP contribution in [-0.2, 0) is 4.57 Å². The second kappa shape index (κ2) is 9.12. The van der Waals surface area contributed by atoms with E-state index in [4.69, 9.17) is 9.05 Å². The minimum Gasteiger partial charge on any atom is -0.417 e. The van der Waals surface area contributed by atoms with Crippen molar-refractivity contribution in [2.75, 3.05) is 0 Å². The van der Waals surface area contributed by atoms with Crippen molar-refractivity contribution in [1.82, 2.24) is 0 Å². The van der Waals surface area contributed by atoms with E-state index in [1.807, 2.05) is 48.5 Å². The van der Waals surface area contributed by atoms with Gasteiger partial charge < -0.3 is 9.05 Å². The van der Waals surface area contributed by atoms with Crippen LogP contribution in [-0.4, -0.2) is 0 Å². The lowest BCUT2D eigenvalue weighted by molar-refractivity contribution is 0.419. The zero-order chi connectivity index (χ0) is 26.6. The normalized spacial score (nSPS) is 11.8. The molecule has 0 saturated carbocycles. The van der Waals surface area contributed by atoms with Crippen molar-refractivity contribution in [3.63, 3.8) is 0 Å². The summed E-state index contributed by atoms with van der Waals surface area (Å²) in [6.07, 6.45) is 0. The molecule has 40 heavy (non-hydrogen) atoms. The lowest BCUT2D eigenvalue weighted by atomic mass is 9.98. The number of hydrogen-bond donors (Lipinski definition) is 0. The van der Waals surface area contributed by atoms with E-state index in [-0.39, 0.29) is 0 Å². The molecule has 8 aromatic rings. The third-order valence-corrected chi connectivity index (χ3v) is 8.54. The van der Waals surface area contributed by atoms with Gasteiger partial charge in [0.25, 0.3) is 0 Å². The van der Waals surface area contributed by atoms with Crippen molar-refractivity contribution in [3.05, 3.63) is 133 Å². The van der Waals surface area contributed by atoms with Gasteiger partial charge in [0.15, 0.2) is 0 Å². The molecule has 0 aliphatic carbocycles. The molecule has 0 unspecified atom stereocenters. The van der Waals surface area contributed by atoms with Crippen LogP contribution in [0.4, 0.5) is 0 Å². The van der Waals surface area contributed by atoms with E-state index < -0.39 is 8.25 Å². The van der Waals surface area contributed by atoms with E-state index in [9.17, 15) is 4.57 Å². The lowest BCUT2D eigenvalue weighted by Crippen LogP contribution is -1.92. The topological polar surface area (TPSA) is 35.5 Å². The Kier molecular flexibility index (Phi) is 5.26. The molecule has 8 aromatic carbocycles. The fourth-order valence-electron chi connectivity index (χ4n) is 5.90. The third kappa shape index (κ3) is 3.78. The molecule has 0 heterocycles. The number of benzene rings is 8. The summed E-state index contributed by atoms with van der Waals surface area (Å²) in [7, 11) is -2.94. The Morgan fingerprint density at radius 2 is 0.750 bits per heavy atom. The summed E-state index contributed by atoms with van der Waals surface area (Å²) in [5, 5.41) is 12.9. The fraction of sp³-hybridized carbons (Fsp3) is 0. The van der Waals surface area contributed by atoms with Crippen LogP contribution in [0.1, 0.15) is 0 Å². The molecule has 0 radical (unpaired) electrons. The zero-order valence-corrected chi connectivity index (χ0v) is 22.4. The van der Waals surface area contributed by atoms with Crippen LogP contribution in [0, 0.1) is 0 Å². The second-order valence-corrected chi connectivity index (χ2v) is 11.0. The van der Waals surface area contributed by atoms with Crippen LogP contribution in [0.15, 0.2) is 133 Å². The van der Waals surface area contributed by atoms with E-state index in [1.54, 1.807) is 0 Å². The van der Waals surface area contributed by atoms with Crippen molar-refractivity contribution in [2.24, 2.45) is 0 Å². The van der Waals surface area contributed by atoms with Gasteiger partial charge in [-0.1, -0.05) is 97.1 Å². The van der Waals surface area contributed by atoms with Crippen LogP contribution < -0.4 is 9.05 Å². The van der Waals surface area contributed by atoms with Crippen molar-refractivity contribution >= 4 is 72.9 Å². The van der Waals surface area contributed by atoms with Crippen molar-refractivity contribution in [2.45, 2.75) is 0 Å². The molecule has 0 aromatic heterocycles. The van der Waals surface area contributed by atoms with Gasteiger partial charge in [0.2, 0.25) is 0 Å². The van der Waals surface area contributed by atoms with Crippen LogP contribution in [0.5, 0.6) is 11.5 Å². The predicted molar refractivity (Wildman–Crippen MR) is 168 cm³/mol. The molecule has 0 aliphatic heterocycles. The molecule has 0 aliphatic rings. The summed E-state index contributed by atoms with van der Waals surface area (Å²) in [6.45, 7) is 0. The Bertz CT molecular complexity index is 2140. The Morgan fingerprint density at radius 3 is 1.20 bits per heavy atom. The van der Waals surface area contributed by atoms with Gasteiger partial charge >= 0.3 is 8.25 Å². The fourth-order valence-corrected chi connectivity index (χ4v) is 6.65. The second-order valence-electron chi connectivity index (χ2n) is 10.1. The average Bonchev–Trinajstić information content (AvgIpc) is 2.99. The van der Waals surface area contributed by atoms with Crippen molar-refractivity contribution in [3.8, 4) is 11.5 Å².